The standard InChI is InChI=1S/C20H21N3O/c1-2-22-11-10-16-7-8-18(13-19(16)22)21-20(24)23-12-9-15-5-3-4-6-17(15)14-23/h3-8,10-11,13H,2,9,12,14H2,1H3,(H,21,24). The van der Waals surface area contributed by atoms with Gasteiger partial charge in [-0.3, -0.25) is 0 Å². The lowest BCUT2D eigenvalue weighted by Gasteiger charge is -2.29. The van der Waals surface area contributed by atoms with Crippen molar-refractivity contribution in [2.24, 2.45) is 0 Å². The van der Waals surface area contributed by atoms with Crippen molar-refractivity contribution in [3.05, 3.63) is 65.9 Å². The number of carbonyl (C=O) groups is 1. The number of anilines is 1. The van der Waals surface area contributed by atoms with E-state index in [1.54, 1.807) is 0 Å². The third-order valence-electron chi connectivity index (χ3n) is 4.78. The van der Waals surface area contributed by atoms with E-state index in [2.05, 4.69) is 59.4 Å². The summed E-state index contributed by atoms with van der Waals surface area (Å²) in [6.07, 6.45) is 3.00. The average Bonchev–Trinajstić information content (AvgIpc) is 3.03. The molecule has 0 bridgehead atoms. The first-order valence-electron chi connectivity index (χ1n) is 8.46. The minimum atomic E-state index is -0.0292. The molecule has 0 fully saturated rings. The maximum Gasteiger partial charge on any atom is 0.322 e. The Kier molecular flexibility index (Phi) is 3.73. The van der Waals surface area contributed by atoms with Crippen LogP contribution in [0.25, 0.3) is 10.9 Å². The molecular formula is C20H21N3O. The summed E-state index contributed by atoms with van der Waals surface area (Å²) in [5, 5.41) is 4.25. The second-order valence-corrected chi connectivity index (χ2v) is 6.25. The molecule has 0 spiro atoms. The van der Waals surface area contributed by atoms with Crippen molar-refractivity contribution >= 4 is 22.6 Å². The highest BCUT2D eigenvalue weighted by Crippen LogP contribution is 2.22. The normalized spacial score (nSPS) is 13.8. The number of hydrogen-bond acceptors (Lipinski definition) is 1. The van der Waals surface area contributed by atoms with Crippen molar-refractivity contribution in [1.29, 1.82) is 0 Å². The van der Waals surface area contributed by atoms with Crippen LogP contribution >= 0.6 is 0 Å². The number of urea groups is 1. The zero-order chi connectivity index (χ0) is 16.5. The molecule has 1 aromatic heterocycles. The molecule has 0 radical (unpaired) electrons. The molecule has 122 valence electrons. The molecule has 0 unspecified atom stereocenters. The van der Waals surface area contributed by atoms with E-state index >= 15 is 0 Å². The minimum absolute atomic E-state index is 0.0292. The largest absolute Gasteiger partial charge is 0.348 e. The van der Waals surface area contributed by atoms with Crippen molar-refractivity contribution in [3.8, 4) is 0 Å². The third-order valence-corrected chi connectivity index (χ3v) is 4.78. The van der Waals surface area contributed by atoms with Gasteiger partial charge in [0.1, 0.15) is 0 Å². The van der Waals surface area contributed by atoms with E-state index in [-0.39, 0.29) is 6.03 Å². The van der Waals surface area contributed by atoms with Gasteiger partial charge in [-0.25, -0.2) is 4.79 Å². The smallest absolute Gasteiger partial charge is 0.322 e. The number of aromatic nitrogens is 1. The summed E-state index contributed by atoms with van der Waals surface area (Å²) in [7, 11) is 0. The summed E-state index contributed by atoms with van der Waals surface area (Å²) in [6, 6.07) is 16.5. The van der Waals surface area contributed by atoms with Crippen molar-refractivity contribution < 1.29 is 4.79 Å². The first kappa shape index (κ1) is 14.8. The summed E-state index contributed by atoms with van der Waals surface area (Å²) in [6.45, 7) is 4.48. The Morgan fingerprint density at radius 3 is 2.79 bits per heavy atom. The minimum Gasteiger partial charge on any atom is -0.348 e. The highest BCUT2D eigenvalue weighted by atomic mass is 16.2. The molecule has 3 aromatic rings. The van der Waals surface area contributed by atoms with Crippen molar-refractivity contribution in [3.63, 3.8) is 0 Å². The van der Waals surface area contributed by atoms with Crippen LogP contribution in [0, 0.1) is 0 Å². The zero-order valence-electron chi connectivity index (χ0n) is 13.8. The van der Waals surface area contributed by atoms with Gasteiger partial charge in [0, 0.05) is 31.5 Å². The van der Waals surface area contributed by atoms with Crippen molar-refractivity contribution in [2.45, 2.75) is 26.4 Å². The molecule has 4 heteroatoms. The molecule has 2 heterocycles. The van der Waals surface area contributed by atoms with Crippen LogP contribution in [-0.2, 0) is 19.5 Å². The molecule has 0 atom stereocenters. The lowest BCUT2D eigenvalue weighted by molar-refractivity contribution is 0.206. The highest BCUT2D eigenvalue weighted by molar-refractivity contribution is 5.93. The van der Waals surface area contributed by atoms with Gasteiger partial charge in [0.15, 0.2) is 0 Å². The Balaban J connectivity index is 1.52. The summed E-state index contributed by atoms with van der Waals surface area (Å²) in [5.41, 5.74) is 4.59. The molecule has 2 aromatic carbocycles. The monoisotopic (exact) mass is 319 g/mol. The van der Waals surface area contributed by atoms with E-state index < -0.39 is 0 Å². The van der Waals surface area contributed by atoms with E-state index in [1.807, 2.05) is 17.0 Å². The average molecular weight is 319 g/mol. The molecule has 0 saturated heterocycles. The number of nitrogens with one attached hydrogen (secondary N) is 1. The Labute approximate surface area is 141 Å². The van der Waals surface area contributed by atoms with Crippen LogP contribution < -0.4 is 5.32 Å². The molecule has 4 nitrogen and oxygen atoms in total. The predicted molar refractivity (Wildman–Crippen MR) is 97.2 cm³/mol. The van der Waals surface area contributed by atoms with Crippen LogP contribution in [0.5, 0.6) is 0 Å². The number of carbonyl (C=O) groups excluding carboxylic acids is 1. The number of nitrogens with zero attached hydrogens (tertiary/aromatic N) is 2. The second-order valence-electron chi connectivity index (χ2n) is 6.25. The van der Waals surface area contributed by atoms with E-state index in [4.69, 9.17) is 0 Å². The number of hydrogen-bond donors (Lipinski definition) is 1. The van der Waals surface area contributed by atoms with Crippen LogP contribution in [0.4, 0.5) is 10.5 Å². The van der Waals surface area contributed by atoms with E-state index in [1.165, 1.54) is 16.5 Å². The summed E-state index contributed by atoms with van der Waals surface area (Å²) < 4.78 is 2.18. The quantitative estimate of drug-likeness (QED) is 0.753. The SMILES string of the molecule is CCn1ccc2ccc(NC(=O)N3CCc4ccccc4C3)cc21. The van der Waals surface area contributed by atoms with Gasteiger partial charge in [0.25, 0.3) is 0 Å². The Morgan fingerprint density at radius 1 is 1.12 bits per heavy atom. The van der Waals surface area contributed by atoms with Crippen LogP contribution in [0.2, 0.25) is 0 Å². The first-order chi connectivity index (χ1) is 11.7. The van der Waals surface area contributed by atoms with E-state index in [0.29, 0.717) is 6.54 Å². The summed E-state index contributed by atoms with van der Waals surface area (Å²) >= 11 is 0. The zero-order valence-corrected chi connectivity index (χ0v) is 13.8. The second kappa shape index (κ2) is 6.04. The first-order valence-corrected chi connectivity index (χ1v) is 8.46. The molecule has 1 aliphatic rings. The molecule has 0 saturated carbocycles. The topological polar surface area (TPSA) is 37.3 Å². The maximum atomic E-state index is 12.6. The van der Waals surface area contributed by atoms with Crippen LogP contribution in [-0.4, -0.2) is 22.0 Å². The lowest BCUT2D eigenvalue weighted by Crippen LogP contribution is -2.38. The van der Waals surface area contributed by atoms with Crippen LogP contribution in [0.1, 0.15) is 18.1 Å². The molecule has 4 rings (SSSR count). The molecular weight excluding hydrogens is 298 g/mol. The highest BCUT2D eigenvalue weighted by Gasteiger charge is 2.20. The number of benzene rings is 2. The van der Waals surface area contributed by atoms with Gasteiger partial charge in [-0.05, 0) is 48.1 Å². The van der Waals surface area contributed by atoms with Gasteiger partial charge in [-0.15, -0.1) is 0 Å². The van der Waals surface area contributed by atoms with Gasteiger partial charge in [0.2, 0.25) is 0 Å². The molecule has 0 aliphatic carbocycles. The van der Waals surface area contributed by atoms with Gasteiger partial charge in [-0.1, -0.05) is 30.3 Å². The Bertz CT molecular complexity index is 897. The van der Waals surface area contributed by atoms with Crippen molar-refractivity contribution in [2.75, 3.05) is 11.9 Å². The van der Waals surface area contributed by atoms with Gasteiger partial charge in [-0.2, -0.15) is 0 Å². The maximum absolute atomic E-state index is 12.6. The predicted octanol–water partition coefficient (Wildman–Crippen LogP) is 4.25. The van der Waals surface area contributed by atoms with Crippen LogP contribution in [0.3, 0.4) is 0 Å². The van der Waals surface area contributed by atoms with Gasteiger partial charge in [0.05, 0.1) is 5.52 Å². The van der Waals surface area contributed by atoms with Gasteiger partial charge >= 0.3 is 6.03 Å². The fourth-order valence-electron chi connectivity index (χ4n) is 3.41. The molecule has 2 amide bonds. The number of amides is 2. The number of aryl methyl sites for hydroxylation is 1. The molecule has 1 aliphatic heterocycles. The van der Waals surface area contributed by atoms with Crippen molar-refractivity contribution in [1.82, 2.24) is 9.47 Å². The fourth-order valence-corrected chi connectivity index (χ4v) is 3.41. The van der Waals surface area contributed by atoms with E-state index in [9.17, 15) is 4.79 Å². The summed E-state index contributed by atoms with van der Waals surface area (Å²) in [5.74, 6) is 0. The molecule has 24 heavy (non-hydrogen) atoms. The Morgan fingerprint density at radius 2 is 1.96 bits per heavy atom. The van der Waals surface area contributed by atoms with E-state index in [0.717, 1.165) is 30.7 Å². The summed E-state index contributed by atoms with van der Waals surface area (Å²) in [4.78, 5) is 14.5. The number of fused-ring (bicyclic) bond motifs is 2. The lowest BCUT2D eigenvalue weighted by atomic mass is 10.0. The molecule has 1 N–H and O–H groups in total. The fraction of sp³-hybridized carbons (Fsp3) is 0.250. The van der Waals surface area contributed by atoms with Gasteiger partial charge < -0.3 is 14.8 Å². The Hall–Kier alpha value is -2.75. The number of rotatable bonds is 2. The van der Waals surface area contributed by atoms with Crippen LogP contribution in [0.15, 0.2) is 54.7 Å². The third kappa shape index (κ3) is 2.64.